The van der Waals surface area contributed by atoms with Crippen LogP contribution in [0.4, 0.5) is 5.69 Å². The highest BCUT2D eigenvalue weighted by Crippen LogP contribution is 2.22. The molecule has 2 aromatic carbocycles. The number of hydrogen-bond donors (Lipinski definition) is 2. The van der Waals surface area contributed by atoms with Gasteiger partial charge in [0.15, 0.2) is 0 Å². The summed E-state index contributed by atoms with van der Waals surface area (Å²) in [5.41, 5.74) is 7.89. The maximum atomic E-state index is 12.3. The molecule has 0 unspecified atom stereocenters. The first-order valence-electron chi connectivity index (χ1n) is 6.97. The van der Waals surface area contributed by atoms with E-state index in [1.165, 1.54) is 14.2 Å². The smallest absolute Gasteiger partial charge is 0.258 e. The number of ether oxygens (including phenoxy) is 2. The Kier molecular flexibility index (Phi) is 5.19. The van der Waals surface area contributed by atoms with Crippen molar-refractivity contribution in [2.45, 2.75) is 6.92 Å². The first kappa shape index (κ1) is 16.4. The van der Waals surface area contributed by atoms with E-state index in [4.69, 9.17) is 15.2 Å². The molecule has 2 aromatic rings. The molecule has 0 aliphatic carbocycles. The van der Waals surface area contributed by atoms with E-state index in [0.717, 1.165) is 5.56 Å². The number of methoxy groups -OCH3 is 2. The maximum absolute atomic E-state index is 12.3. The third-order valence-corrected chi connectivity index (χ3v) is 3.11. The summed E-state index contributed by atoms with van der Waals surface area (Å²) in [4.78, 5) is 16.4. The second-order valence-electron chi connectivity index (χ2n) is 4.89. The molecule has 2 rings (SSSR count). The van der Waals surface area contributed by atoms with Crippen molar-refractivity contribution in [2.24, 2.45) is 10.7 Å². The van der Waals surface area contributed by atoms with Crippen molar-refractivity contribution in [1.82, 2.24) is 5.32 Å². The number of nitrogens with one attached hydrogen (secondary N) is 1. The third kappa shape index (κ3) is 4.47. The largest absolute Gasteiger partial charge is 0.497 e. The third-order valence-electron chi connectivity index (χ3n) is 3.11. The molecule has 3 N–H and O–H groups in total. The van der Waals surface area contributed by atoms with Gasteiger partial charge in [0.25, 0.3) is 5.91 Å². The van der Waals surface area contributed by atoms with Crippen LogP contribution in [0.25, 0.3) is 0 Å². The van der Waals surface area contributed by atoms with Crippen LogP contribution in [0.1, 0.15) is 15.9 Å². The molecule has 0 aromatic heterocycles. The van der Waals surface area contributed by atoms with Gasteiger partial charge in [-0.05, 0) is 36.8 Å². The van der Waals surface area contributed by atoms with E-state index >= 15 is 0 Å². The Morgan fingerprint density at radius 2 is 1.74 bits per heavy atom. The van der Waals surface area contributed by atoms with Crippen molar-refractivity contribution in [3.05, 3.63) is 53.6 Å². The van der Waals surface area contributed by atoms with E-state index in [-0.39, 0.29) is 5.96 Å². The summed E-state index contributed by atoms with van der Waals surface area (Å²) in [6, 6.07) is 12.4. The van der Waals surface area contributed by atoms with Crippen LogP contribution in [0.15, 0.2) is 47.5 Å². The molecule has 0 bridgehead atoms. The van der Waals surface area contributed by atoms with E-state index in [1.807, 2.05) is 25.1 Å². The van der Waals surface area contributed by atoms with Crippen LogP contribution < -0.4 is 20.5 Å². The molecule has 6 heteroatoms. The second kappa shape index (κ2) is 7.31. The lowest BCUT2D eigenvalue weighted by molar-refractivity contribution is 0.0976. The molecule has 0 heterocycles. The van der Waals surface area contributed by atoms with Gasteiger partial charge in [-0.15, -0.1) is 0 Å². The summed E-state index contributed by atoms with van der Waals surface area (Å²) in [7, 11) is 3.04. The standard InChI is InChI=1S/C17H19N3O3/c1-11-5-4-6-13(7-11)19-17(18)20-16(21)12-8-14(22-2)10-15(9-12)23-3/h4-10H,1-3H3,(H3,18,19,20,21). The molecular weight excluding hydrogens is 294 g/mol. The van der Waals surface area contributed by atoms with Gasteiger partial charge in [0.1, 0.15) is 11.5 Å². The predicted molar refractivity (Wildman–Crippen MR) is 89.5 cm³/mol. The molecule has 0 aliphatic rings. The number of benzene rings is 2. The topological polar surface area (TPSA) is 85.9 Å². The average Bonchev–Trinajstić information content (AvgIpc) is 2.54. The Morgan fingerprint density at radius 1 is 1.09 bits per heavy atom. The molecule has 0 saturated carbocycles. The van der Waals surface area contributed by atoms with Gasteiger partial charge < -0.3 is 15.2 Å². The molecule has 0 fully saturated rings. The minimum atomic E-state index is -0.392. The summed E-state index contributed by atoms with van der Waals surface area (Å²) in [6.07, 6.45) is 0. The summed E-state index contributed by atoms with van der Waals surface area (Å²) < 4.78 is 10.3. The number of aryl methyl sites for hydroxylation is 1. The van der Waals surface area contributed by atoms with Crippen LogP contribution in [-0.2, 0) is 0 Å². The van der Waals surface area contributed by atoms with E-state index in [0.29, 0.717) is 22.7 Å². The first-order valence-corrected chi connectivity index (χ1v) is 6.97. The van der Waals surface area contributed by atoms with Crippen molar-refractivity contribution in [3.8, 4) is 11.5 Å². The highest BCUT2D eigenvalue weighted by atomic mass is 16.5. The zero-order valence-corrected chi connectivity index (χ0v) is 13.3. The van der Waals surface area contributed by atoms with Gasteiger partial charge in [-0.2, -0.15) is 0 Å². The summed E-state index contributed by atoms with van der Waals surface area (Å²) in [6.45, 7) is 1.95. The maximum Gasteiger partial charge on any atom is 0.258 e. The van der Waals surface area contributed by atoms with Crippen molar-refractivity contribution in [3.63, 3.8) is 0 Å². The number of nitrogens with zero attached hydrogens (tertiary/aromatic N) is 1. The second-order valence-corrected chi connectivity index (χ2v) is 4.89. The minimum absolute atomic E-state index is 0.0161. The van der Waals surface area contributed by atoms with Crippen LogP contribution in [0.5, 0.6) is 11.5 Å². The molecule has 6 nitrogen and oxygen atoms in total. The Bertz CT molecular complexity index is 719. The number of hydrogen-bond acceptors (Lipinski definition) is 4. The van der Waals surface area contributed by atoms with Gasteiger partial charge in [0, 0.05) is 11.6 Å². The van der Waals surface area contributed by atoms with Crippen molar-refractivity contribution >= 4 is 17.6 Å². The molecule has 0 spiro atoms. The fraction of sp³-hybridized carbons (Fsp3) is 0.176. The van der Waals surface area contributed by atoms with Crippen LogP contribution in [0, 0.1) is 6.92 Å². The Morgan fingerprint density at radius 3 is 2.30 bits per heavy atom. The average molecular weight is 313 g/mol. The normalized spacial score (nSPS) is 11.0. The van der Waals surface area contributed by atoms with Crippen LogP contribution in [0.2, 0.25) is 0 Å². The van der Waals surface area contributed by atoms with Crippen molar-refractivity contribution in [2.75, 3.05) is 14.2 Å². The van der Waals surface area contributed by atoms with Crippen LogP contribution >= 0.6 is 0 Å². The van der Waals surface area contributed by atoms with E-state index in [9.17, 15) is 4.79 Å². The van der Waals surface area contributed by atoms with Crippen LogP contribution in [0.3, 0.4) is 0 Å². The lowest BCUT2D eigenvalue weighted by Gasteiger charge is -2.09. The SMILES string of the molecule is COc1cc(OC)cc(C(=O)NC(N)=Nc2cccc(C)c2)c1. The van der Waals surface area contributed by atoms with Gasteiger partial charge in [-0.25, -0.2) is 4.99 Å². The van der Waals surface area contributed by atoms with Gasteiger partial charge in [-0.3, -0.25) is 10.1 Å². The van der Waals surface area contributed by atoms with E-state index < -0.39 is 5.91 Å². The summed E-state index contributed by atoms with van der Waals surface area (Å²) >= 11 is 0. The van der Waals surface area contributed by atoms with Crippen molar-refractivity contribution < 1.29 is 14.3 Å². The number of guanidine groups is 1. The number of carbonyl (C=O) groups is 1. The molecule has 0 atom stereocenters. The Hall–Kier alpha value is -3.02. The van der Waals surface area contributed by atoms with E-state index in [1.54, 1.807) is 24.3 Å². The monoisotopic (exact) mass is 313 g/mol. The van der Waals surface area contributed by atoms with Crippen LogP contribution in [-0.4, -0.2) is 26.1 Å². The zero-order chi connectivity index (χ0) is 16.8. The lowest BCUT2D eigenvalue weighted by atomic mass is 10.2. The zero-order valence-electron chi connectivity index (χ0n) is 13.3. The predicted octanol–water partition coefficient (Wildman–Crippen LogP) is 2.39. The molecule has 120 valence electrons. The summed E-state index contributed by atoms with van der Waals surface area (Å²) in [5.74, 6) is 0.658. The molecule has 0 aliphatic heterocycles. The fourth-order valence-electron chi connectivity index (χ4n) is 1.99. The molecule has 23 heavy (non-hydrogen) atoms. The number of amides is 1. The number of aliphatic imine (C=N–C) groups is 1. The van der Waals surface area contributed by atoms with Crippen molar-refractivity contribution in [1.29, 1.82) is 0 Å². The lowest BCUT2D eigenvalue weighted by Crippen LogP contribution is -2.36. The highest BCUT2D eigenvalue weighted by molar-refractivity contribution is 6.06. The molecule has 0 saturated heterocycles. The molecular formula is C17H19N3O3. The van der Waals surface area contributed by atoms with Gasteiger partial charge in [0.05, 0.1) is 19.9 Å². The Balaban J connectivity index is 2.18. The first-order chi connectivity index (χ1) is 11.0. The minimum Gasteiger partial charge on any atom is -0.497 e. The fourth-order valence-corrected chi connectivity index (χ4v) is 1.99. The number of nitrogens with two attached hydrogens (primary N) is 1. The molecule has 0 radical (unpaired) electrons. The highest BCUT2D eigenvalue weighted by Gasteiger charge is 2.11. The summed E-state index contributed by atoms with van der Waals surface area (Å²) in [5, 5.41) is 2.54. The molecule has 1 amide bonds. The number of rotatable bonds is 4. The van der Waals surface area contributed by atoms with E-state index in [2.05, 4.69) is 10.3 Å². The van der Waals surface area contributed by atoms with Gasteiger partial charge >= 0.3 is 0 Å². The Labute approximate surface area is 134 Å². The quantitative estimate of drug-likeness (QED) is 0.670. The van der Waals surface area contributed by atoms with Gasteiger partial charge in [-0.1, -0.05) is 12.1 Å². The van der Waals surface area contributed by atoms with Gasteiger partial charge in [0.2, 0.25) is 5.96 Å². The number of carbonyl (C=O) groups excluding carboxylic acids is 1.